The zero-order chi connectivity index (χ0) is 13.0. The fraction of sp³-hybridized carbons (Fsp3) is 0.231. The van der Waals surface area contributed by atoms with E-state index < -0.39 is 0 Å². The lowest BCUT2D eigenvalue weighted by atomic mass is 10.2. The smallest absolute Gasteiger partial charge is 0.228 e. The van der Waals surface area contributed by atoms with E-state index in [1.165, 1.54) is 5.56 Å². The van der Waals surface area contributed by atoms with Gasteiger partial charge in [-0.15, -0.1) is 0 Å². The van der Waals surface area contributed by atoms with Gasteiger partial charge in [-0.05, 0) is 11.6 Å². The van der Waals surface area contributed by atoms with Gasteiger partial charge in [-0.3, -0.25) is 0 Å². The number of aromatic nitrogens is 2. The molecule has 0 aliphatic heterocycles. The van der Waals surface area contributed by atoms with Crippen molar-refractivity contribution < 1.29 is 4.74 Å². The quantitative estimate of drug-likeness (QED) is 0.870. The number of benzene rings is 1. The van der Waals surface area contributed by atoms with E-state index in [2.05, 4.69) is 32.0 Å². The maximum atomic E-state index is 5.09. The van der Waals surface area contributed by atoms with Crippen LogP contribution in [0.1, 0.15) is 5.56 Å². The molecule has 1 aromatic carbocycles. The lowest BCUT2D eigenvalue weighted by molar-refractivity contribution is 0.397. The summed E-state index contributed by atoms with van der Waals surface area (Å²) in [6, 6.07) is 9.84. The highest BCUT2D eigenvalue weighted by Gasteiger charge is 2.08. The molecule has 0 bridgehead atoms. The summed E-state index contributed by atoms with van der Waals surface area (Å²) in [6.07, 6.45) is 1.69. The van der Waals surface area contributed by atoms with Crippen molar-refractivity contribution in [1.29, 1.82) is 0 Å². The average molecular weight is 308 g/mol. The fourth-order valence-corrected chi connectivity index (χ4v) is 1.99. The molecule has 0 spiro atoms. The molecule has 0 N–H and O–H groups in total. The van der Waals surface area contributed by atoms with Crippen molar-refractivity contribution in [1.82, 2.24) is 9.97 Å². The monoisotopic (exact) mass is 307 g/mol. The molecule has 4 nitrogen and oxygen atoms in total. The molecule has 1 heterocycles. The summed E-state index contributed by atoms with van der Waals surface area (Å²) in [5, 5.41) is 0. The molecule has 0 aliphatic rings. The van der Waals surface area contributed by atoms with E-state index >= 15 is 0 Å². The lowest BCUT2D eigenvalue weighted by Crippen LogP contribution is -2.19. The highest BCUT2D eigenvalue weighted by Crippen LogP contribution is 2.19. The summed E-state index contributed by atoms with van der Waals surface area (Å²) in [5.41, 5.74) is 1.19. The first-order valence-electron chi connectivity index (χ1n) is 5.52. The SMILES string of the molecule is COc1ccnc(N(C)Cc2ccccc2Br)n1. The molecule has 94 valence electrons. The molecule has 0 atom stereocenters. The van der Waals surface area contributed by atoms with Gasteiger partial charge in [0, 0.05) is 30.3 Å². The van der Waals surface area contributed by atoms with E-state index in [1.54, 1.807) is 19.4 Å². The zero-order valence-electron chi connectivity index (χ0n) is 10.3. The van der Waals surface area contributed by atoms with Crippen LogP contribution < -0.4 is 9.64 Å². The normalized spacial score (nSPS) is 10.2. The summed E-state index contributed by atoms with van der Waals surface area (Å²) in [6.45, 7) is 0.731. The molecule has 0 fully saturated rings. The first-order chi connectivity index (χ1) is 8.70. The third-order valence-electron chi connectivity index (χ3n) is 2.53. The molecule has 1 aromatic heterocycles. The Morgan fingerprint density at radius 3 is 2.78 bits per heavy atom. The van der Waals surface area contributed by atoms with Crippen LogP contribution in [0.3, 0.4) is 0 Å². The first kappa shape index (κ1) is 12.8. The molecular weight excluding hydrogens is 294 g/mol. The van der Waals surface area contributed by atoms with Crippen molar-refractivity contribution in [2.24, 2.45) is 0 Å². The van der Waals surface area contributed by atoms with Gasteiger partial charge in [0.1, 0.15) is 0 Å². The predicted octanol–water partition coefficient (Wildman–Crippen LogP) is 2.88. The Bertz CT molecular complexity index is 533. The van der Waals surface area contributed by atoms with Crippen LogP contribution in [-0.2, 0) is 6.54 Å². The highest BCUT2D eigenvalue weighted by atomic mass is 79.9. The largest absolute Gasteiger partial charge is 0.481 e. The summed E-state index contributed by atoms with van der Waals surface area (Å²) >= 11 is 3.53. The van der Waals surface area contributed by atoms with Crippen LogP contribution in [0.4, 0.5) is 5.95 Å². The van der Waals surface area contributed by atoms with Crippen molar-refractivity contribution in [3.8, 4) is 5.88 Å². The van der Waals surface area contributed by atoms with Gasteiger partial charge in [0.15, 0.2) is 0 Å². The predicted molar refractivity (Wildman–Crippen MR) is 74.8 cm³/mol. The molecule has 5 heteroatoms. The summed E-state index contributed by atoms with van der Waals surface area (Å²) in [4.78, 5) is 10.5. The van der Waals surface area contributed by atoms with Crippen LogP contribution in [0.15, 0.2) is 41.0 Å². The van der Waals surface area contributed by atoms with Crippen molar-refractivity contribution in [2.75, 3.05) is 19.1 Å². The number of methoxy groups -OCH3 is 1. The van der Waals surface area contributed by atoms with Crippen LogP contribution in [0.25, 0.3) is 0 Å². The maximum absolute atomic E-state index is 5.09. The molecule has 0 radical (unpaired) electrons. The number of nitrogens with zero attached hydrogens (tertiary/aromatic N) is 3. The van der Waals surface area contributed by atoms with Crippen molar-refractivity contribution in [2.45, 2.75) is 6.54 Å². The van der Waals surface area contributed by atoms with Crippen molar-refractivity contribution >= 4 is 21.9 Å². The van der Waals surface area contributed by atoms with Crippen LogP contribution in [-0.4, -0.2) is 24.1 Å². The topological polar surface area (TPSA) is 38.2 Å². The molecule has 0 aliphatic carbocycles. The first-order valence-corrected chi connectivity index (χ1v) is 6.31. The Morgan fingerprint density at radius 2 is 2.06 bits per heavy atom. The molecule has 0 unspecified atom stereocenters. The third-order valence-corrected chi connectivity index (χ3v) is 3.31. The van der Waals surface area contributed by atoms with Crippen LogP contribution in [0.5, 0.6) is 5.88 Å². The number of rotatable bonds is 4. The Morgan fingerprint density at radius 1 is 1.28 bits per heavy atom. The number of hydrogen-bond donors (Lipinski definition) is 0. The number of halogens is 1. The molecular formula is C13H14BrN3O. The van der Waals surface area contributed by atoms with Gasteiger partial charge in [0.2, 0.25) is 11.8 Å². The second kappa shape index (κ2) is 5.82. The molecule has 0 saturated carbocycles. The van der Waals surface area contributed by atoms with Crippen LogP contribution >= 0.6 is 15.9 Å². The van der Waals surface area contributed by atoms with E-state index in [1.807, 2.05) is 30.1 Å². The van der Waals surface area contributed by atoms with Gasteiger partial charge in [-0.25, -0.2) is 4.98 Å². The van der Waals surface area contributed by atoms with Gasteiger partial charge < -0.3 is 9.64 Å². The second-order valence-electron chi connectivity index (χ2n) is 3.85. The van der Waals surface area contributed by atoms with E-state index in [4.69, 9.17) is 4.74 Å². The highest BCUT2D eigenvalue weighted by molar-refractivity contribution is 9.10. The van der Waals surface area contributed by atoms with Gasteiger partial charge in [0.25, 0.3) is 0 Å². The van der Waals surface area contributed by atoms with E-state index in [0.717, 1.165) is 11.0 Å². The van der Waals surface area contributed by atoms with Crippen LogP contribution in [0.2, 0.25) is 0 Å². The minimum atomic E-state index is 0.568. The average Bonchev–Trinajstić information content (AvgIpc) is 2.41. The molecule has 18 heavy (non-hydrogen) atoms. The van der Waals surface area contributed by atoms with Gasteiger partial charge in [0.05, 0.1) is 7.11 Å². The zero-order valence-corrected chi connectivity index (χ0v) is 11.9. The van der Waals surface area contributed by atoms with Crippen molar-refractivity contribution in [3.05, 3.63) is 46.6 Å². The van der Waals surface area contributed by atoms with E-state index in [9.17, 15) is 0 Å². The molecule has 2 aromatic rings. The molecule has 2 rings (SSSR count). The lowest BCUT2D eigenvalue weighted by Gasteiger charge is -2.18. The summed E-state index contributed by atoms with van der Waals surface area (Å²) < 4.78 is 6.18. The Hall–Kier alpha value is -1.62. The Kier molecular flexibility index (Phi) is 4.15. The summed E-state index contributed by atoms with van der Waals surface area (Å²) in [5.74, 6) is 1.21. The Balaban J connectivity index is 2.16. The minimum absolute atomic E-state index is 0.568. The molecule has 0 amide bonds. The number of hydrogen-bond acceptors (Lipinski definition) is 4. The van der Waals surface area contributed by atoms with Crippen molar-refractivity contribution in [3.63, 3.8) is 0 Å². The number of ether oxygens (including phenoxy) is 1. The van der Waals surface area contributed by atoms with E-state index in [-0.39, 0.29) is 0 Å². The van der Waals surface area contributed by atoms with Crippen LogP contribution in [0, 0.1) is 0 Å². The third kappa shape index (κ3) is 2.98. The van der Waals surface area contributed by atoms with Gasteiger partial charge >= 0.3 is 0 Å². The van der Waals surface area contributed by atoms with Gasteiger partial charge in [-0.1, -0.05) is 34.1 Å². The Labute approximate surface area is 115 Å². The van der Waals surface area contributed by atoms with E-state index in [0.29, 0.717) is 11.8 Å². The number of anilines is 1. The standard InChI is InChI=1S/C13H14BrN3O/c1-17(9-10-5-3-4-6-11(10)14)13-15-8-7-12(16-13)18-2/h3-8H,9H2,1-2H3. The van der Waals surface area contributed by atoms with Gasteiger partial charge in [-0.2, -0.15) is 4.98 Å². The summed E-state index contributed by atoms with van der Waals surface area (Å²) in [7, 11) is 3.55. The maximum Gasteiger partial charge on any atom is 0.228 e. The second-order valence-corrected chi connectivity index (χ2v) is 4.70. The molecule has 0 saturated heterocycles. The minimum Gasteiger partial charge on any atom is -0.481 e. The fourth-order valence-electron chi connectivity index (χ4n) is 1.58.